The summed E-state index contributed by atoms with van der Waals surface area (Å²) in [6.45, 7) is 8.40. The van der Waals surface area contributed by atoms with Crippen molar-refractivity contribution in [1.29, 1.82) is 0 Å². The minimum Gasteiger partial charge on any atom is -0.325 e. The third-order valence-electron chi connectivity index (χ3n) is 4.39. The monoisotopic (exact) mass is 358 g/mol. The zero-order valence-electron chi connectivity index (χ0n) is 14.6. The first-order chi connectivity index (χ1) is 12.2. The molecule has 6 nitrogen and oxygen atoms in total. The Morgan fingerprint density at radius 3 is 2.72 bits per heavy atom. The first kappa shape index (κ1) is 17.6. The van der Waals surface area contributed by atoms with Crippen LogP contribution in [-0.2, 0) is 0 Å². The summed E-state index contributed by atoms with van der Waals surface area (Å²) >= 11 is 6.03. The van der Waals surface area contributed by atoms with Crippen molar-refractivity contribution in [1.82, 2.24) is 25.1 Å². The summed E-state index contributed by atoms with van der Waals surface area (Å²) in [5, 5.41) is 8.52. The van der Waals surface area contributed by atoms with Crippen LogP contribution in [0.3, 0.4) is 0 Å². The Bertz CT molecular complexity index is 814. The molecule has 0 saturated carbocycles. The summed E-state index contributed by atoms with van der Waals surface area (Å²) in [5.74, 6) is 0.799. The smallest absolute Gasteiger partial charge is 0.224 e. The van der Waals surface area contributed by atoms with E-state index in [0.29, 0.717) is 0 Å². The number of hydrogen-bond donors (Lipinski definition) is 1. The summed E-state index contributed by atoms with van der Waals surface area (Å²) in [6.07, 6.45) is 4.57. The average Bonchev–Trinajstić information content (AvgIpc) is 3.11. The van der Waals surface area contributed by atoms with Gasteiger partial charge >= 0.3 is 0 Å². The predicted octanol–water partition coefficient (Wildman–Crippen LogP) is 3.88. The standard InChI is InChI=1S/C18H23ClN6/c1-3-24(4-2)11-6-12-25(17-9-10-20-18(19)22-17)16-8-5-7-15-14(16)13-21-23-15/h5,7-10,13H,3-4,6,11-12H2,1-2H3,(H,21,23). The van der Waals surface area contributed by atoms with Crippen LogP contribution in [0, 0.1) is 0 Å². The third kappa shape index (κ3) is 4.08. The van der Waals surface area contributed by atoms with Gasteiger partial charge in [-0.05, 0) is 55.9 Å². The molecule has 132 valence electrons. The molecule has 3 aromatic rings. The maximum absolute atomic E-state index is 6.03. The highest BCUT2D eigenvalue weighted by molar-refractivity contribution is 6.28. The van der Waals surface area contributed by atoms with Crippen LogP contribution in [-0.4, -0.2) is 51.2 Å². The lowest BCUT2D eigenvalue weighted by atomic mass is 10.2. The lowest BCUT2D eigenvalue weighted by molar-refractivity contribution is 0.301. The molecule has 2 aromatic heterocycles. The van der Waals surface area contributed by atoms with Crippen LogP contribution >= 0.6 is 11.6 Å². The van der Waals surface area contributed by atoms with Crippen LogP contribution in [0.4, 0.5) is 11.5 Å². The first-order valence-electron chi connectivity index (χ1n) is 8.63. The maximum Gasteiger partial charge on any atom is 0.224 e. The van der Waals surface area contributed by atoms with E-state index in [1.54, 1.807) is 6.20 Å². The Hall–Kier alpha value is -2.18. The second-order valence-corrected chi connectivity index (χ2v) is 6.16. The summed E-state index contributed by atoms with van der Waals surface area (Å²) in [4.78, 5) is 13.0. The van der Waals surface area contributed by atoms with Crippen molar-refractivity contribution < 1.29 is 0 Å². The van der Waals surface area contributed by atoms with E-state index >= 15 is 0 Å². The third-order valence-corrected chi connectivity index (χ3v) is 4.57. The van der Waals surface area contributed by atoms with E-state index in [1.165, 1.54) is 0 Å². The number of hydrogen-bond acceptors (Lipinski definition) is 5. The average molecular weight is 359 g/mol. The fourth-order valence-electron chi connectivity index (χ4n) is 3.02. The molecule has 0 aliphatic heterocycles. The fraction of sp³-hybridized carbons (Fsp3) is 0.389. The normalized spacial score (nSPS) is 11.4. The number of benzene rings is 1. The number of fused-ring (bicyclic) bond motifs is 1. The van der Waals surface area contributed by atoms with Gasteiger partial charge in [-0.1, -0.05) is 19.9 Å². The molecule has 0 unspecified atom stereocenters. The number of aromatic nitrogens is 4. The molecule has 1 aromatic carbocycles. The van der Waals surface area contributed by atoms with Crippen molar-refractivity contribution in [2.75, 3.05) is 31.1 Å². The zero-order valence-corrected chi connectivity index (χ0v) is 15.4. The van der Waals surface area contributed by atoms with Crippen molar-refractivity contribution in [2.24, 2.45) is 0 Å². The quantitative estimate of drug-likeness (QED) is 0.619. The topological polar surface area (TPSA) is 60.9 Å². The second-order valence-electron chi connectivity index (χ2n) is 5.82. The highest BCUT2D eigenvalue weighted by Crippen LogP contribution is 2.30. The second kappa shape index (κ2) is 8.27. The van der Waals surface area contributed by atoms with E-state index in [9.17, 15) is 0 Å². The molecule has 0 fully saturated rings. The van der Waals surface area contributed by atoms with Gasteiger partial charge in [0.05, 0.1) is 17.4 Å². The van der Waals surface area contributed by atoms with Crippen molar-refractivity contribution >= 4 is 34.0 Å². The van der Waals surface area contributed by atoms with Gasteiger partial charge in [-0.15, -0.1) is 0 Å². The molecule has 0 aliphatic carbocycles. The maximum atomic E-state index is 6.03. The van der Waals surface area contributed by atoms with Gasteiger partial charge in [0.25, 0.3) is 0 Å². The number of halogens is 1. The molecular weight excluding hydrogens is 336 g/mol. The minimum atomic E-state index is 0.255. The van der Waals surface area contributed by atoms with Crippen LogP contribution in [0.25, 0.3) is 10.9 Å². The minimum absolute atomic E-state index is 0.255. The van der Waals surface area contributed by atoms with E-state index in [1.807, 2.05) is 24.4 Å². The Morgan fingerprint density at radius 1 is 1.12 bits per heavy atom. The van der Waals surface area contributed by atoms with E-state index in [0.717, 1.165) is 55.0 Å². The molecular formula is C18H23ClN6. The van der Waals surface area contributed by atoms with E-state index in [-0.39, 0.29) is 5.28 Å². The fourth-order valence-corrected chi connectivity index (χ4v) is 3.16. The molecule has 0 amide bonds. The van der Waals surface area contributed by atoms with Crippen molar-refractivity contribution in [3.8, 4) is 0 Å². The highest BCUT2D eigenvalue weighted by atomic mass is 35.5. The van der Waals surface area contributed by atoms with Gasteiger partial charge in [0.15, 0.2) is 0 Å². The molecule has 0 spiro atoms. The van der Waals surface area contributed by atoms with Gasteiger partial charge in [0.1, 0.15) is 5.82 Å². The summed E-state index contributed by atoms with van der Waals surface area (Å²) < 4.78 is 0. The van der Waals surface area contributed by atoms with Gasteiger partial charge < -0.3 is 9.80 Å². The molecule has 2 heterocycles. The van der Waals surface area contributed by atoms with Gasteiger partial charge in [0, 0.05) is 18.1 Å². The lowest BCUT2D eigenvalue weighted by Crippen LogP contribution is -2.28. The molecule has 0 saturated heterocycles. The van der Waals surface area contributed by atoms with Gasteiger partial charge in [-0.25, -0.2) is 9.97 Å². The molecule has 0 radical (unpaired) electrons. The lowest BCUT2D eigenvalue weighted by Gasteiger charge is -2.26. The molecule has 25 heavy (non-hydrogen) atoms. The highest BCUT2D eigenvalue weighted by Gasteiger charge is 2.15. The van der Waals surface area contributed by atoms with Crippen LogP contribution in [0.15, 0.2) is 36.7 Å². The largest absolute Gasteiger partial charge is 0.325 e. The molecule has 1 N–H and O–H groups in total. The number of nitrogens with one attached hydrogen (secondary N) is 1. The van der Waals surface area contributed by atoms with Gasteiger partial charge in [-0.3, -0.25) is 5.10 Å². The Labute approximate surface area is 152 Å². The van der Waals surface area contributed by atoms with E-state index in [2.05, 4.69) is 49.9 Å². The number of H-pyrrole nitrogens is 1. The predicted molar refractivity (Wildman–Crippen MR) is 103 cm³/mol. The summed E-state index contributed by atoms with van der Waals surface area (Å²) in [7, 11) is 0. The zero-order chi connectivity index (χ0) is 17.6. The van der Waals surface area contributed by atoms with E-state index in [4.69, 9.17) is 11.6 Å². The molecule has 3 rings (SSSR count). The number of rotatable bonds is 8. The Morgan fingerprint density at radius 2 is 1.96 bits per heavy atom. The Balaban J connectivity index is 1.90. The van der Waals surface area contributed by atoms with E-state index < -0.39 is 0 Å². The molecule has 0 atom stereocenters. The van der Waals surface area contributed by atoms with Crippen LogP contribution in [0.2, 0.25) is 5.28 Å². The number of anilines is 2. The van der Waals surface area contributed by atoms with Crippen molar-refractivity contribution in [2.45, 2.75) is 20.3 Å². The van der Waals surface area contributed by atoms with Crippen molar-refractivity contribution in [3.63, 3.8) is 0 Å². The SMILES string of the molecule is CCN(CC)CCCN(c1ccnc(Cl)n1)c1cccc2[nH]ncc12. The van der Waals surface area contributed by atoms with Crippen LogP contribution in [0.5, 0.6) is 0 Å². The molecule has 7 heteroatoms. The summed E-state index contributed by atoms with van der Waals surface area (Å²) in [6, 6.07) is 8.02. The summed E-state index contributed by atoms with van der Waals surface area (Å²) in [5.41, 5.74) is 2.08. The van der Waals surface area contributed by atoms with Crippen LogP contribution in [0.1, 0.15) is 20.3 Å². The Kier molecular flexibility index (Phi) is 5.83. The number of aromatic amines is 1. The van der Waals surface area contributed by atoms with Crippen LogP contribution < -0.4 is 4.90 Å². The molecule has 0 aliphatic rings. The first-order valence-corrected chi connectivity index (χ1v) is 9.01. The number of nitrogens with zero attached hydrogens (tertiary/aromatic N) is 5. The van der Waals surface area contributed by atoms with Gasteiger partial charge in [-0.2, -0.15) is 5.10 Å². The molecule has 0 bridgehead atoms. The van der Waals surface area contributed by atoms with Gasteiger partial charge in [0.2, 0.25) is 5.28 Å². The van der Waals surface area contributed by atoms with Crippen molar-refractivity contribution in [3.05, 3.63) is 41.9 Å².